The second kappa shape index (κ2) is 5.59. The first-order valence-electron chi connectivity index (χ1n) is 6.20. The number of carbonyl (C=O) groups excluding carboxylic acids is 1. The van der Waals surface area contributed by atoms with Crippen molar-refractivity contribution in [3.8, 4) is 11.3 Å². The first kappa shape index (κ1) is 15.1. The topological polar surface area (TPSA) is 46.9 Å². The Morgan fingerprint density at radius 2 is 2.00 bits per heavy atom. The molecule has 0 aliphatic heterocycles. The highest BCUT2D eigenvalue weighted by Crippen LogP contribution is 2.31. The van der Waals surface area contributed by atoms with Gasteiger partial charge in [-0.1, -0.05) is 11.6 Å². The fraction of sp³-hybridized carbons (Fsp3) is 0.286. The van der Waals surface area contributed by atoms with Gasteiger partial charge >= 0.3 is 6.18 Å². The highest BCUT2D eigenvalue weighted by atomic mass is 19.4. The van der Waals surface area contributed by atoms with E-state index >= 15 is 0 Å². The summed E-state index contributed by atoms with van der Waals surface area (Å²) in [5.74, 6) is 0. The maximum atomic E-state index is 12.7. The number of amides is 1. The number of hydrogen-bond acceptors (Lipinski definition) is 2. The number of aromatic nitrogens is 2. The number of nitrogens with zero attached hydrogens (tertiary/aromatic N) is 2. The van der Waals surface area contributed by atoms with Gasteiger partial charge in [-0.3, -0.25) is 9.48 Å². The van der Waals surface area contributed by atoms with Gasteiger partial charge in [0.2, 0.25) is 6.41 Å². The van der Waals surface area contributed by atoms with E-state index in [0.29, 0.717) is 24.2 Å². The predicted molar refractivity (Wildman–Crippen MR) is 71.3 cm³/mol. The molecule has 112 valence electrons. The molecule has 1 N–H and O–H groups in total. The van der Waals surface area contributed by atoms with Crippen LogP contribution in [-0.4, -0.2) is 16.2 Å². The summed E-state index contributed by atoms with van der Waals surface area (Å²) in [6.07, 6.45) is -3.89. The van der Waals surface area contributed by atoms with Gasteiger partial charge in [0.25, 0.3) is 0 Å². The van der Waals surface area contributed by atoms with E-state index in [1.54, 1.807) is 12.1 Å². The molecule has 7 heteroatoms. The predicted octanol–water partition coefficient (Wildman–Crippen LogP) is 2.66. The van der Waals surface area contributed by atoms with E-state index in [1.165, 1.54) is 11.7 Å². The molecule has 0 bridgehead atoms. The van der Waals surface area contributed by atoms with Gasteiger partial charge in [0.15, 0.2) is 5.69 Å². The summed E-state index contributed by atoms with van der Waals surface area (Å²) < 4.78 is 39.3. The third-order valence-electron chi connectivity index (χ3n) is 2.99. The quantitative estimate of drug-likeness (QED) is 0.882. The van der Waals surface area contributed by atoms with Crippen molar-refractivity contribution in [2.75, 3.05) is 0 Å². The summed E-state index contributed by atoms with van der Waals surface area (Å²) in [5, 5.41) is 6.03. The molecular formula is C14H14F3N3O. The Morgan fingerprint density at radius 3 is 2.57 bits per heavy atom. The molecule has 0 fully saturated rings. The van der Waals surface area contributed by atoms with Gasteiger partial charge in [0.1, 0.15) is 0 Å². The molecule has 0 aliphatic carbocycles. The van der Waals surface area contributed by atoms with Crippen molar-refractivity contribution >= 4 is 6.41 Å². The number of halogens is 3. The Kier molecular flexibility index (Phi) is 4.02. The summed E-state index contributed by atoms with van der Waals surface area (Å²) in [6.45, 7) is 2.16. The molecule has 2 rings (SSSR count). The van der Waals surface area contributed by atoms with Gasteiger partial charge < -0.3 is 5.32 Å². The standard InChI is InChI=1S/C14H14F3N3O/c1-9-3-10(7-18-8-21)5-11(4-9)12-6-13(14(15,16)17)19-20(12)2/h3-6,8H,7H2,1-2H3,(H,18,21). The van der Waals surface area contributed by atoms with Crippen LogP contribution in [-0.2, 0) is 24.6 Å². The van der Waals surface area contributed by atoms with Crippen LogP contribution in [0.2, 0.25) is 0 Å². The first-order chi connectivity index (χ1) is 9.81. The molecule has 0 aliphatic rings. The van der Waals surface area contributed by atoms with Crippen LogP contribution in [0.25, 0.3) is 11.3 Å². The van der Waals surface area contributed by atoms with E-state index in [0.717, 1.165) is 17.2 Å². The van der Waals surface area contributed by atoms with E-state index in [1.807, 2.05) is 13.0 Å². The molecule has 0 saturated carbocycles. The van der Waals surface area contributed by atoms with E-state index in [9.17, 15) is 18.0 Å². The number of nitrogens with one attached hydrogen (secondary N) is 1. The lowest BCUT2D eigenvalue weighted by Gasteiger charge is -2.07. The maximum Gasteiger partial charge on any atom is 0.435 e. The van der Waals surface area contributed by atoms with Crippen LogP contribution in [0.1, 0.15) is 16.8 Å². The molecule has 4 nitrogen and oxygen atoms in total. The maximum absolute atomic E-state index is 12.7. The van der Waals surface area contributed by atoms with Crippen molar-refractivity contribution in [1.82, 2.24) is 15.1 Å². The fourth-order valence-corrected chi connectivity index (χ4v) is 2.15. The van der Waals surface area contributed by atoms with E-state index in [2.05, 4.69) is 10.4 Å². The highest BCUT2D eigenvalue weighted by Gasteiger charge is 2.34. The molecule has 1 aromatic heterocycles. The van der Waals surface area contributed by atoms with Crippen molar-refractivity contribution in [2.45, 2.75) is 19.6 Å². The summed E-state index contributed by atoms with van der Waals surface area (Å²) in [7, 11) is 1.47. The second-order valence-corrected chi connectivity index (χ2v) is 4.74. The monoisotopic (exact) mass is 297 g/mol. The van der Waals surface area contributed by atoms with Crippen LogP contribution in [0.5, 0.6) is 0 Å². The van der Waals surface area contributed by atoms with Crippen LogP contribution in [0.4, 0.5) is 13.2 Å². The first-order valence-corrected chi connectivity index (χ1v) is 6.20. The minimum Gasteiger partial charge on any atom is -0.355 e. The molecule has 1 amide bonds. The molecule has 0 unspecified atom stereocenters. The Hall–Kier alpha value is -2.31. The van der Waals surface area contributed by atoms with Gasteiger partial charge in [0.05, 0.1) is 5.69 Å². The molecule has 0 spiro atoms. The average molecular weight is 297 g/mol. The normalized spacial score (nSPS) is 11.5. The van der Waals surface area contributed by atoms with Crippen molar-refractivity contribution in [3.05, 3.63) is 41.1 Å². The zero-order valence-electron chi connectivity index (χ0n) is 11.5. The lowest BCUT2D eigenvalue weighted by molar-refractivity contribution is -0.141. The largest absolute Gasteiger partial charge is 0.435 e. The van der Waals surface area contributed by atoms with Gasteiger partial charge in [-0.25, -0.2) is 0 Å². The lowest BCUT2D eigenvalue weighted by Crippen LogP contribution is -2.10. The Bertz CT molecular complexity index is 662. The van der Waals surface area contributed by atoms with Crippen LogP contribution >= 0.6 is 0 Å². The van der Waals surface area contributed by atoms with Gasteiger partial charge in [-0.05, 0) is 30.7 Å². The number of aryl methyl sites for hydroxylation is 2. The van der Waals surface area contributed by atoms with Crippen LogP contribution in [0, 0.1) is 6.92 Å². The van der Waals surface area contributed by atoms with Crippen molar-refractivity contribution in [3.63, 3.8) is 0 Å². The summed E-state index contributed by atoms with van der Waals surface area (Å²) >= 11 is 0. The lowest BCUT2D eigenvalue weighted by atomic mass is 10.0. The average Bonchev–Trinajstić information content (AvgIpc) is 2.78. The number of hydrogen-bond donors (Lipinski definition) is 1. The zero-order chi connectivity index (χ0) is 15.6. The van der Waals surface area contributed by atoms with Crippen LogP contribution in [0.15, 0.2) is 24.3 Å². The van der Waals surface area contributed by atoms with E-state index in [-0.39, 0.29) is 0 Å². The number of carbonyl (C=O) groups is 1. The molecule has 0 saturated heterocycles. The zero-order valence-corrected chi connectivity index (χ0v) is 11.5. The molecule has 1 heterocycles. The SMILES string of the molecule is Cc1cc(CNC=O)cc(-c2cc(C(F)(F)F)nn2C)c1. The van der Waals surface area contributed by atoms with Crippen molar-refractivity contribution in [1.29, 1.82) is 0 Å². The van der Waals surface area contributed by atoms with Crippen LogP contribution < -0.4 is 5.32 Å². The highest BCUT2D eigenvalue weighted by molar-refractivity contribution is 5.62. The third-order valence-corrected chi connectivity index (χ3v) is 2.99. The fourth-order valence-electron chi connectivity index (χ4n) is 2.15. The Balaban J connectivity index is 2.44. The van der Waals surface area contributed by atoms with Gasteiger partial charge in [-0.15, -0.1) is 0 Å². The molecule has 0 atom stereocenters. The Morgan fingerprint density at radius 1 is 1.29 bits per heavy atom. The summed E-state index contributed by atoms with van der Waals surface area (Å²) in [6, 6.07) is 6.40. The second-order valence-electron chi connectivity index (χ2n) is 4.74. The summed E-state index contributed by atoms with van der Waals surface area (Å²) in [5.41, 5.74) is 1.78. The number of benzene rings is 1. The van der Waals surface area contributed by atoms with Gasteiger partial charge in [-0.2, -0.15) is 18.3 Å². The minimum atomic E-state index is -4.47. The van der Waals surface area contributed by atoms with E-state index in [4.69, 9.17) is 0 Å². The van der Waals surface area contributed by atoms with E-state index < -0.39 is 11.9 Å². The molecular weight excluding hydrogens is 283 g/mol. The molecule has 0 radical (unpaired) electrons. The minimum absolute atomic E-state index is 0.322. The molecule has 2 aromatic rings. The Labute approximate surface area is 119 Å². The number of alkyl halides is 3. The van der Waals surface area contributed by atoms with Crippen LogP contribution in [0.3, 0.4) is 0 Å². The smallest absolute Gasteiger partial charge is 0.355 e. The molecule has 21 heavy (non-hydrogen) atoms. The third kappa shape index (κ3) is 3.42. The summed E-state index contributed by atoms with van der Waals surface area (Å²) in [4.78, 5) is 10.3. The van der Waals surface area contributed by atoms with Crippen molar-refractivity contribution in [2.24, 2.45) is 7.05 Å². The van der Waals surface area contributed by atoms with Gasteiger partial charge in [0, 0.05) is 19.2 Å². The molecule has 1 aromatic carbocycles. The number of rotatable bonds is 4. The van der Waals surface area contributed by atoms with Crippen molar-refractivity contribution < 1.29 is 18.0 Å².